The van der Waals surface area contributed by atoms with Crippen LogP contribution in [0.25, 0.3) is 43.8 Å². The summed E-state index contributed by atoms with van der Waals surface area (Å²) >= 11 is 0. The van der Waals surface area contributed by atoms with E-state index in [1.54, 1.807) is 21.3 Å². The molecule has 0 saturated carbocycles. The van der Waals surface area contributed by atoms with Gasteiger partial charge in [-0.15, -0.1) is 0 Å². The molecule has 5 rings (SSSR count). The molecular formula is C32H30BO2. The van der Waals surface area contributed by atoms with Gasteiger partial charge in [-0.05, 0) is 71.5 Å². The average molecular weight is 457 g/mol. The van der Waals surface area contributed by atoms with Gasteiger partial charge in [-0.3, -0.25) is 0 Å². The van der Waals surface area contributed by atoms with Crippen LogP contribution in [0.1, 0.15) is 27.7 Å². The van der Waals surface area contributed by atoms with Gasteiger partial charge in [0.25, 0.3) is 0 Å². The first kappa shape index (κ1) is 23.4. The van der Waals surface area contributed by atoms with Crippen molar-refractivity contribution in [3.8, 4) is 22.3 Å². The molecule has 5 aromatic carbocycles. The summed E-state index contributed by atoms with van der Waals surface area (Å²) in [4.78, 5) is 0. The summed E-state index contributed by atoms with van der Waals surface area (Å²) in [6, 6.07) is 36.3. The number of hydrogen-bond acceptors (Lipinski definition) is 2. The Kier molecular flexibility index (Phi) is 6.00. The number of benzene rings is 5. The molecule has 0 aliphatic rings. The normalized spacial score (nSPS) is 12.3. The molecule has 3 heteroatoms. The third kappa shape index (κ3) is 4.38. The SMILES string of the molecule is CC(C)(O)C(C)(C)O[B]c1ccc2c(-c3ccccc3)c3ccccc3c(-c3ccccc3)c2c1. The van der Waals surface area contributed by atoms with E-state index in [4.69, 9.17) is 4.65 Å². The highest BCUT2D eigenvalue weighted by molar-refractivity contribution is 6.48. The highest BCUT2D eigenvalue weighted by atomic mass is 16.5. The lowest BCUT2D eigenvalue weighted by Gasteiger charge is -2.37. The van der Waals surface area contributed by atoms with Gasteiger partial charge in [0, 0.05) is 0 Å². The first-order valence-corrected chi connectivity index (χ1v) is 12.1. The van der Waals surface area contributed by atoms with Gasteiger partial charge in [-0.2, -0.15) is 0 Å². The van der Waals surface area contributed by atoms with Gasteiger partial charge in [0.15, 0.2) is 0 Å². The molecule has 0 saturated heterocycles. The zero-order chi connectivity index (χ0) is 24.6. The summed E-state index contributed by atoms with van der Waals surface area (Å²) in [7, 11) is 1.77. The van der Waals surface area contributed by atoms with Crippen molar-refractivity contribution in [1.29, 1.82) is 0 Å². The van der Waals surface area contributed by atoms with Crippen LogP contribution in [0.4, 0.5) is 0 Å². The van der Waals surface area contributed by atoms with Crippen molar-refractivity contribution in [3.05, 3.63) is 103 Å². The Labute approximate surface area is 208 Å². The zero-order valence-corrected chi connectivity index (χ0v) is 20.7. The monoisotopic (exact) mass is 457 g/mol. The predicted octanol–water partition coefficient (Wildman–Crippen LogP) is 7.14. The maximum Gasteiger partial charge on any atom is 0.330 e. The number of fused-ring (bicyclic) bond motifs is 2. The molecule has 0 aliphatic heterocycles. The second kappa shape index (κ2) is 9.00. The first-order valence-electron chi connectivity index (χ1n) is 12.1. The minimum absolute atomic E-state index is 0.733. The van der Waals surface area contributed by atoms with E-state index in [9.17, 15) is 5.11 Å². The molecule has 5 aromatic rings. The predicted molar refractivity (Wildman–Crippen MR) is 149 cm³/mol. The molecule has 35 heavy (non-hydrogen) atoms. The standard InChI is InChI=1S/C32H30BO2/c1-31(2,34)32(3,4)35-33-24-19-20-27-28(21-24)30(23-15-9-6-10-16-23)26-18-12-11-17-25(26)29(27)22-13-7-5-8-14-22/h5-21,34H,1-4H3. The third-order valence-corrected chi connectivity index (χ3v) is 7.14. The summed E-state index contributed by atoms with van der Waals surface area (Å²) in [5.41, 5.74) is 4.08. The molecule has 0 amide bonds. The van der Waals surface area contributed by atoms with Crippen molar-refractivity contribution >= 4 is 34.5 Å². The Hall–Kier alpha value is -3.40. The molecule has 0 aromatic heterocycles. The quantitative estimate of drug-likeness (QED) is 0.217. The summed E-state index contributed by atoms with van der Waals surface area (Å²) in [6.45, 7) is 7.35. The van der Waals surface area contributed by atoms with Gasteiger partial charge in [0.1, 0.15) is 0 Å². The van der Waals surface area contributed by atoms with Crippen LogP contribution in [-0.2, 0) is 4.65 Å². The Morgan fingerprint density at radius 3 is 1.54 bits per heavy atom. The van der Waals surface area contributed by atoms with Gasteiger partial charge >= 0.3 is 7.48 Å². The Bertz CT molecular complexity index is 1480. The third-order valence-electron chi connectivity index (χ3n) is 7.14. The van der Waals surface area contributed by atoms with Crippen molar-refractivity contribution in [2.24, 2.45) is 0 Å². The van der Waals surface area contributed by atoms with Crippen LogP contribution >= 0.6 is 0 Å². The minimum atomic E-state index is -0.980. The fourth-order valence-corrected chi connectivity index (χ4v) is 4.46. The molecule has 0 bridgehead atoms. The topological polar surface area (TPSA) is 29.5 Å². The molecule has 0 atom stereocenters. The molecular weight excluding hydrogens is 427 g/mol. The number of rotatable bonds is 6. The molecule has 173 valence electrons. The Morgan fingerprint density at radius 2 is 1.03 bits per heavy atom. The summed E-state index contributed by atoms with van der Waals surface area (Å²) in [5.74, 6) is 0. The van der Waals surface area contributed by atoms with E-state index in [0.29, 0.717) is 0 Å². The fraction of sp³-hybridized carbons (Fsp3) is 0.188. The van der Waals surface area contributed by atoms with Gasteiger partial charge in [0.05, 0.1) is 11.2 Å². The highest BCUT2D eigenvalue weighted by Crippen LogP contribution is 2.43. The summed E-state index contributed by atoms with van der Waals surface area (Å²) < 4.78 is 6.10. The molecule has 2 nitrogen and oxygen atoms in total. The fourth-order valence-electron chi connectivity index (χ4n) is 4.46. The lowest BCUT2D eigenvalue weighted by Crippen LogP contribution is -2.49. The first-order chi connectivity index (χ1) is 16.8. The summed E-state index contributed by atoms with van der Waals surface area (Å²) in [6.07, 6.45) is 0. The molecule has 0 aliphatic carbocycles. The van der Waals surface area contributed by atoms with Crippen LogP contribution in [0.3, 0.4) is 0 Å². The maximum atomic E-state index is 10.5. The van der Waals surface area contributed by atoms with Gasteiger partial charge in [-0.1, -0.05) is 109 Å². The van der Waals surface area contributed by atoms with Crippen LogP contribution in [0.15, 0.2) is 103 Å². The zero-order valence-electron chi connectivity index (χ0n) is 20.7. The van der Waals surface area contributed by atoms with Crippen LogP contribution in [0.5, 0.6) is 0 Å². The molecule has 1 N–H and O–H groups in total. The second-order valence-electron chi connectivity index (χ2n) is 10.1. The molecule has 0 spiro atoms. The number of hydrogen-bond donors (Lipinski definition) is 1. The highest BCUT2D eigenvalue weighted by Gasteiger charge is 2.35. The molecule has 0 fully saturated rings. The van der Waals surface area contributed by atoms with E-state index >= 15 is 0 Å². The van der Waals surface area contributed by atoms with E-state index < -0.39 is 11.2 Å². The lowest BCUT2D eigenvalue weighted by atomic mass is 9.79. The second-order valence-corrected chi connectivity index (χ2v) is 10.1. The van der Waals surface area contributed by atoms with E-state index in [1.165, 1.54) is 43.8 Å². The molecule has 0 unspecified atom stereocenters. The van der Waals surface area contributed by atoms with Crippen molar-refractivity contribution in [1.82, 2.24) is 0 Å². The molecule has 1 radical (unpaired) electrons. The molecule has 0 heterocycles. The Balaban J connectivity index is 1.78. The maximum absolute atomic E-state index is 10.5. The largest absolute Gasteiger partial charge is 0.427 e. The minimum Gasteiger partial charge on any atom is -0.427 e. The van der Waals surface area contributed by atoms with Crippen molar-refractivity contribution in [2.45, 2.75) is 38.9 Å². The number of aliphatic hydroxyl groups is 1. The van der Waals surface area contributed by atoms with E-state index in [-0.39, 0.29) is 0 Å². The Morgan fingerprint density at radius 1 is 0.571 bits per heavy atom. The van der Waals surface area contributed by atoms with Crippen molar-refractivity contribution in [3.63, 3.8) is 0 Å². The van der Waals surface area contributed by atoms with Crippen LogP contribution < -0.4 is 5.46 Å². The van der Waals surface area contributed by atoms with Gasteiger partial charge in [0.2, 0.25) is 0 Å². The smallest absolute Gasteiger partial charge is 0.330 e. The van der Waals surface area contributed by atoms with Crippen molar-refractivity contribution < 1.29 is 9.76 Å². The summed E-state index contributed by atoms with van der Waals surface area (Å²) in [5, 5.41) is 15.4. The van der Waals surface area contributed by atoms with E-state index in [0.717, 1.165) is 5.46 Å². The van der Waals surface area contributed by atoms with Gasteiger partial charge < -0.3 is 9.76 Å². The van der Waals surface area contributed by atoms with Crippen LogP contribution in [0, 0.1) is 0 Å². The van der Waals surface area contributed by atoms with Gasteiger partial charge in [-0.25, -0.2) is 0 Å². The lowest BCUT2D eigenvalue weighted by molar-refractivity contribution is -0.0893. The van der Waals surface area contributed by atoms with Crippen molar-refractivity contribution in [2.75, 3.05) is 0 Å². The van der Waals surface area contributed by atoms with E-state index in [2.05, 4.69) is 103 Å². The van der Waals surface area contributed by atoms with E-state index in [1.807, 2.05) is 13.8 Å². The average Bonchev–Trinajstić information content (AvgIpc) is 2.86. The van der Waals surface area contributed by atoms with Crippen LogP contribution in [-0.4, -0.2) is 23.8 Å². The van der Waals surface area contributed by atoms with Crippen LogP contribution in [0.2, 0.25) is 0 Å².